The van der Waals surface area contributed by atoms with Crippen LogP contribution in [0.25, 0.3) is 0 Å². The van der Waals surface area contributed by atoms with Crippen LogP contribution in [0.2, 0.25) is 0 Å². The molecule has 0 atom stereocenters. The standard InChI is InChI=1S/C13H15N3O4/c1-2-20-13(19)8-4-3-5-9(14)12(8)16-6-10(17)15-11(18)7-16/h3-5H,2,6-7,14H2,1H3,(H,15,17,18). The number of anilines is 2. The minimum Gasteiger partial charge on any atom is -0.462 e. The molecule has 0 unspecified atom stereocenters. The molecule has 1 fully saturated rings. The van der Waals surface area contributed by atoms with Gasteiger partial charge in [-0.15, -0.1) is 0 Å². The summed E-state index contributed by atoms with van der Waals surface area (Å²) in [6, 6.07) is 4.78. The summed E-state index contributed by atoms with van der Waals surface area (Å²) in [5, 5.41) is 2.20. The lowest BCUT2D eigenvalue weighted by Gasteiger charge is -2.29. The van der Waals surface area contributed by atoms with Gasteiger partial charge < -0.3 is 15.4 Å². The van der Waals surface area contributed by atoms with Crippen LogP contribution in [0.5, 0.6) is 0 Å². The fourth-order valence-electron chi connectivity index (χ4n) is 2.08. The second-order valence-electron chi connectivity index (χ2n) is 4.29. The van der Waals surface area contributed by atoms with E-state index in [1.807, 2.05) is 0 Å². The van der Waals surface area contributed by atoms with Crippen LogP contribution in [0.3, 0.4) is 0 Å². The van der Waals surface area contributed by atoms with Gasteiger partial charge in [0.1, 0.15) is 0 Å². The smallest absolute Gasteiger partial charge is 0.340 e. The number of nitrogens with zero attached hydrogens (tertiary/aromatic N) is 1. The molecule has 2 amide bonds. The number of esters is 1. The molecule has 0 bridgehead atoms. The van der Waals surface area contributed by atoms with Crippen LogP contribution in [0.15, 0.2) is 18.2 Å². The monoisotopic (exact) mass is 277 g/mol. The topological polar surface area (TPSA) is 102 Å². The first-order valence-corrected chi connectivity index (χ1v) is 6.16. The summed E-state index contributed by atoms with van der Waals surface area (Å²) in [4.78, 5) is 36.3. The summed E-state index contributed by atoms with van der Waals surface area (Å²) < 4.78 is 4.96. The van der Waals surface area contributed by atoms with Gasteiger partial charge in [0.2, 0.25) is 11.8 Å². The van der Waals surface area contributed by atoms with Gasteiger partial charge in [-0.1, -0.05) is 6.07 Å². The van der Waals surface area contributed by atoms with Crippen LogP contribution < -0.4 is 16.0 Å². The molecule has 0 aromatic heterocycles. The maximum absolute atomic E-state index is 11.9. The zero-order chi connectivity index (χ0) is 14.7. The molecule has 7 nitrogen and oxygen atoms in total. The van der Waals surface area contributed by atoms with Gasteiger partial charge in [-0.25, -0.2) is 4.79 Å². The Labute approximate surface area is 115 Å². The molecule has 3 N–H and O–H groups in total. The Kier molecular flexibility index (Phi) is 3.88. The van der Waals surface area contributed by atoms with Crippen molar-refractivity contribution < 1.29 is 19.1 Å². The van der Waals surface area contributed by atoms with E-state index in [1.165, 1.54) is 4.90 Å². The summed E-state index contributed by atoms with van der Waals surface area (Å²) in [7, 11) is 0. The SMILES string of the molecule is CCOC(=O)c1cccc(N)c1N1CC(=O)NC(=O)C1. The molecular formula is C13H15N3O4. The van der Waals surface area contributed by atoms with E-state index in [9.17, 15) is 14.4 Å². The molecular weight excluding hydrogens is 262 g/mol. The highest BCUT2D eigenvalue weighted by molar-refractivity contribution is 6.06. The van der Waals surface area contributed by atoms with Gasteiger partial charge in [-0.3, -0.25) is 14.9 Å². The number of nitrogens with two attached hydrogens (primary N) is 1. The lowest BCUT2D eigenvalue weighted by atomic mass is 10.1. The average molecular weight is 277 g/mol. The van der Waals surface area contributed by atoms with Gasteiger partial charge >= 0.3 is 5.97 Å². The van der Waals surface area contributed by atoms with Crippen LogP contribution in [0, 0.1) is 0 Å². The molecule has 0 saturated carbocycles. The van der Waals surface area contributed by atoms with Gasteiger partial charge in [0.05, 0.1) is 36.6 Å². The highest BCUT2D eigenvalue weighted by atomic mass is 16.5. The first-order valence-electron chi connectivity index (χ1n) is 6.16. The van der Waals surface area contributed by atoms with Crippen LogP contribution in [0.1, 0.15) is 17.3 Å². The zero-order valence-corrected chi connectivity index (χ0v) is 11.0. The van der Waals surface area contributed by atoms with E-state index in [2.05, 4.69) is 5.32 Å². The number of carbonyl (C=O) groups is 3. The molecule has 2 rings (SSSR count). The maximum Gasteiger partial charge on any atom is 0.340 e. The normalized spacial score (nSPS) is 14.9. The number of piperazine rings is 1. The number of hydrogen-bond donors (Lipinski definition) is 2. The van der Waals surface area contributed by atoms with Gasteiger partial charge in [0, 0.05) is 0 Å². The largest absolute Gasteiger partial charge is 0.462 e. The zero-order valence-electron chi connectivity index (χ0n) is 11.0. The molecule has 7 heteroatoms. The van der Waals surface area contributed by atoms with E-state index in [-0.39, 0.29) is 25.3 Å². The Hall–Kier alpha value is -2.57. The molecule has 0 spiro atoms. The van der Waals surface area contributed by atoms with E-state index >= 15 is 0 Å². The molecule has 1 heterocycles. The van der Waals surface area contributed by atoms with Crippen molar-refractivity contribution in [2.24, 2.45) is 0 Å². The van der Waals surface area contributed by atoms with Crippen molar-refractivity contribution in [3.05, 3.63) is 23.8 Å². The van der Waals surface area contributed by atoms with Crippen LogP contribution in [-0.4, -0.2) is 37.5 Å². The number of amides is 2. The van der Waals surface area contributed by atoms with Crippen LogP contribution >= 0.6 is 0 Å². The molecule has 106 valence electrons. The molecule has 1 aliphatic heterocycles. The van der Waals surface area contributed by atoms with Gasteiger partial charge in [-0.05, 0) is 19.1 Å². The van der Waals surface area contributed by atoms with Crippen molar-refractivity contribution in [1.29, 1.82) is 0 Å². The number of para-hydroxylation sites is 1. The first-order chi connectivity index (χ1) is 9.52. The second-order valence-corrected chi connectivity index (χ2v) is 4.29. The average Bonchev–Trinajstić information content (AvgIpc) is 2.37. The quantitative estimate of drug-likeness (QED) is 0.455. The van der Waals surface area contributed by atoms with Gasteiger partial charge in [0.15, 0.2) is 0 Å². The minimum atomic E-state index is -0.534. The van der Waals surface area contributed by atoms with Gasteiger partial charge in [-0.2, -0.15) is 0 Å². The maximum atomic E-state index is 11.9. The minimum absolute atomic E-state index is 0.0354. The van der Waals surface area contributed by atoms with Crippen molar-refractivity contribution in [1.82, 2.24) is 5.32 Å². The highest BCUT2D eigenvalue weighted by Crippen LogP contribution is 2.29. The molecule has 0 aliphatic carbocycles. The number of nitrogen functional groups attached to an aromatic ring is 1. The molecule has 1 aromatic rings. The third-order valence-electron chi connectivity index (χ3n) is 2.83. The lowest BCUT2D eigenvalue weighted by molar-refractivity contribution is -0.130. The lowest BCUT2D eigenvalue weighted by Crippen LogP contribution is -2.52. The Morgan fingerprint density at radius 2 is 2.00 bits per heavy atom. The number of ether oxygens (including phenoxy) is 1. The number of imide groups is 1. The molecule has 1 saturated heterocycles. The van der Waals surface area contributed by atoms with Crippen molar-refractivity contribution >= 4 is 29.2 Å². The summed E-state index contributed by atoms with van der Waals surface area (Å²) in [5.74, 6) is -1.40. The molecule has 1 aliphatic rings. The highest BCUT2D eigenvalue weighted by Gasteiger charge is 2.27. The van der Waals surface area contributed by atoms with Crippen molar-refractivity contribution in [3.8, 4) is 0 Å². The third-order valence-corrected chi connectivity index (χ3v) is 2.83. The number of nitrogens with one attached hydrogen (secondary N) is 1. The van der Waals surface area contributed by atoms with E-state index in [1.54, 1.807) is 25.1 Å². The van der Waals surface area contributed by atoms with Crippen molar-refractivity contribution in [2.45, 2.75) is 6.92 Å². The van der Waals surface area contributed by atoms with E-state index in [0.717, 1.165) is 0 Å². The number of hydrogen-bond acceptors (Lipinski definition) is 6. The van der Waals surface area contributed by atoms with Crippen molar-refractivity contribution in [3.63, 3.8) is 0 Å². The summed E-state index contributed by atoms with van der Waals surface area (Å²) in [6.45, 7) is 1.85. The summed E-state index contributed by atoms with van der Waals surface area (Å²) in [6.07, 6.45) is 0. The molecule has 1 aromatic carbocycles. The second kappa shape index (κ2) is 5.60. The summed E-state index contributed by atoms with van der Waals surface area (Å²) in [5.41, 5.74) is 6.80. The van der Waals surface area contributed by atoms with Gasteiger partial charge in [0.25, 0.3) is 0 Å². The van der Waals surface area contributed by atoms with Crippen molar-refractivity contribution in [2.75, 3.05) is 30.3 Å². The Morgan fingerprint density at radius 3 is 2.60 bits per heavy atom. The number of carbonyl (C=O) groups excluding carboxylic acids is 3. The molecule has 20 heavy (non-hydrogen) atoms. The molecule has 0 radical (unpaired) electrons. The van der Waals surface area contributed by atoms with E-state index < -0.39 is 17.8 Å². The first kappa shape index (κ1) is 13.9. The Morgan fingerprint density at radius 1 is 1.35 bits per heavy atom. The predicted molar refractivity (Wildman–Crippen MR) is 72.2 cm³/mol. The number of rotatable bonds is 3. The number of benzene rings is 1. The fraction of sp³-hybridized carbons (Fsp3) is 0.308. The Balaban J connectivity index is 2.41. The third kappa shape index (κ3) is 2.71. The summed E-state index contributed by atoms with van der Waals surface area (Å²) >= 11 is 0. The van der Waals surface area contributed by atoms with E-state index in [4.69, 9.17) is 10.5 Å². The van der Waals surface area contributed by atoms with Crippen LogP contribution in [0.4, 0.5) is 11.4 Å². The fourth-order valence-corrected chi connectivity index (χ4v) is 2.08. The van der Waals surface area contributed by atoms with E-state index in [0.29, 0.717) is 11.4 Å². The van der Waals surface area contributed by atoms with Crippen LogP contribution in [-0.2, 0) is 14.3 Å². The predicted octanol–water partition coefficient (Wildman–Crippen LogP) is -0.0917. The Bertz CT molecular complexity index is 555.